The van der Waals surface area contributed by atoms with Crippen LogP contribution in [0.25, 0.3) is 10.8 Å². The summed E-state index contributed by atoms with van der Waals surface area (Å²) in [7, 11) is 0. The average molecular weight is 247 g/mol. The van der Waals surface area contributed by atoms with Crippen molar-refractivity contribution >= 4 is 10.8 Å². The molecule has 18 heavy (non-hydrogen) atoms. The molecule has 0 spiro atoms. The summed E-state index contributed by atoms with van der Waals surface area (Å²) >= 11 is 0. The fourth-order valence-electron chi connectivity index (χ4n) is 1.99. The molecule has 0 bridgehead atoms. The van der Waals surface area contributed by atoms with Crippen LogP contribution in [0.5, 0.6) is 5.75 Å². The van der Waals surface area contributed by atoms with E-state index in [1.54, 1.807) is 30.3 Å². The number of benzene rings is 2. The van der Waals surface area contributed by atoms with Crippen molar-refractivity contribution in [3.05, 3.63) is 42.0 Å². The highest BCUT2D eigenvalue weighted by Gasteiger charge is 2.17. The Morgan fingerprint density at radius 1 is 1.00 bits per heavy atom. The van der Waals surface area contributed by atoms with Gasteiger partial charge in [0.2, 0.25) is 0 Å². The first-order chi connectivity index (χ1) is 8.61. The molecule has 2 unspecified atom stereocenters. The highest BCUT2D eigenvalue weighted by atomic mass is 16.3. The lowest BCUT2D eigenvalue weighted by Gasteiger charge is -2.17. The van der Waals surface area contributed by atoms with Crippen LogP contribution in [0.15, 0.2) is 36.4 Å². The van der Waals surface area contributed by atoms with Gasteiger partial charge in [-0.15, -0.1) is 0 Å². The topological polar surface area (TPSA) is 86.7 Å². The van der Waals surface area contributed by atoms with Gasteiger partial charge in [0.1, 0.15) is 11.9 Å². The second kappa shape index (κ2) is 5.35. The summed E-state index contributed by atoms with van der Waals surface area (Å²) in [5.74, 6) is 0.177. The van der Waals surface area contributed by atoms with Gasteiger partial charge in [0, 0.05) is 0 Å². The van der Waals surface area contributed by atoms with Crippen molar-refractivity contribution in [2.75, 3.05) is 6.54 Å². The van der Waals surface area contributed by atoms with Crippen molar-refractivity contribution in [1.29, 1.82) is 0 Å². The third-order valence-corrected chi connectivity index (χ3v) is 3.02. The number of aromatic hydroxyl groups is 1. The molecule has 0 radical (unpaired) electrons. The minimum Gasteiger partial charge on any atom is -0.508 e. The molecule has 0 aliphatic rings. The van der Waals surface area contributed by atoms with Gasteiger partial charge in [0.25, 0.3) is 0 Å². The van der Waals surface area contributed by atoms with Gasteiger partial charge >= 0.3 is 0 Å². The number of aliphatic hydroxyl groups excluding tert-OH is 2. The monoisotopic (exact) mass is 247 g/mol. The number of phenolic OH excluding ortho intramolecular Hbond substituents is 1. The van der Waals surface area contributed by atoms with Gasteiger partial charge in [-0.25, -0.2) is 0 Å². The van der Waals surface area contributed by atoms with Crippen molar-refractivity contribution in [2.24, 2.45) is 5.73 Å². The maximum Gasteiger partial charge on any atom is 0.116 e. The van der Waals surface area contributed by atoms with Gasteiger partial charge in [-0.05, 0) is 47.5 Å². The highest BCUT2D eigenvalue weighted by Crippen LogP contribution is 2.25. The van der Waals surface area contributed by atoms with E-state index in [0.29, 0.717) is 18.5 Å². The van der Waals surface area contributed by atoms with Crippen molar-refractivity contribution in [3.63, 3.8) is 0 Å². The lowest BCUT2D eigenvalue weighted by Crippen LogP contribution is -2.21. The summed E-state index contributed by atoms with van der Waals surface area (Å²) in [6.07, 6.45) is -1.48. The third-order valence-electron chi connectivity index (χ3n) is 3.02. The Kier molecular flexibility index (Phi) is 3.81. The largest absolute Gasteiger partial charge is 0.508 e. The number of fused-ring (bicyclic) bond motifs is 1. The normalized spacial score (nSPS) is 14.6. The maximum atomic E-state index is 9.98. The van der Waals surface area contributed by atoms with Crippen LogP contribution in [-0.2, 0) is 0 Å². The molecule has 0 saturated carbocycles. The zero-order valence-electron chi connectivity index (χ0n) is 9.95. The van der Waals surface area contributed by atoms with Crippen LogP contribution < -0.4 is 5.73 Å². The van der Waals surface area contributed by atoms with Crippen LogP contribution in [0.2, 0.25) is 0 Å². The Hall–Kier alpha value is -1.62. The van der Waals surface area contributed by atoms with E-state index in [9.17, 15) is 15.3 Å². The fraction of sp³-hybridized carbons (Fsp3) is 0.286. The van der Waals surface area contributed by atoms with E-state index in [1.807, 2.05) is 6.07 Å². The van der Waals surface area contributed by atoms with Crippen LogP contribution in [0.1, 0.15) is 18.1 Å². The Morgan fingerprint density at radius 2 is 1.72 bits per heavy atom. The number of hydrogen-bond acceptors (Lipinski definition) is 4. The van der Waals surface area contributed by atoms with E-state index in [-0.39, 0.29) is 5.75 Å². The van der Waals surface area contributed by atoms with E-state index < -0.39 is 12.2 Å². The van der Waals surface area contributed by atoms with Gasteiger partial charge in [0.15, 0.2) is 0 Å². The van der Waals surface area contributed by atoms with Crippen molar-refractivity contribution < 1.29 is 15.3 Å². The smallest absolute Gasteiger partial charge is 0.116 e. The molecule has 5 N–H and O–H groups in total. The number of rotatable bonds is 4. The predicted octanol–water partition coefficient (Wildman–Crippen LogP) is 1.29. The molecule has 0 heterocycles. The van der Waals surface area contributed by atoms with E-state index in [2.05, 4.69) is 0 Å². The van der Waals surface area contributed by atoms with Crippen LogP contribution in [0, 0.1) is 0 Å². The summed E-state index contributed by atoms with van der Waals surface area (Å²) in [6, 6.07) is 10.4. The van der Waals surface area contributed by atoms with Crippen LogP contribution in [0.3, 0.4) is 0 Å². The lowest BCUT2D eigenvalue weighted by atomic mass is 9.99. The Bertz CT molecular complexity index is 542. The summed E-state index contributed by atoms with van der Waals surface area (Å²) in [4.78, 5) is 0. The minimum absolute atomic E-state index is 0.177. The highest BCUT2D eigenvalue weighted by molar-refractivity contribution is 5.84. The van der Waals surface area contributed by atoms with Crippen LogP contribution in [-0.4, -0.2) is 28.0 Å². The molecule has 4 heteroatoms. The first kappa shape index (κ1) is 12.8. The lowest BCUT2D eigenvalue weighted by molar-refractivity contribution is 0.0151. The molecule has 0 saturated heterocycles. The molecule has 2 aromatic rings. The second-order valence-electron chi connectivity index (χ2n) is 4.38. The molecule has 0 aromatic heterocycles. The van der Waals surface area contributed by atoms with Gasteiger partial charge in [-0.1, -0.05) is 18.2 Å². The van der Waals surface area contributed by atoms with Crippen LogP contribution in [0.4, 0.5) is 0 Å². The second-order valence-corrected chi connectivity index (χ2v) is 4.38. The summed E-state index contributed by atoms with van der Waals surface area (Å²) in [5.41, 5.74) is 5.97. The van der Waals surface area contributed by atoms with Gasteiger partial charge < -0.3 is 21.1 Å². The summed E-state index contributed by atoms with van der Waals surface area (Å²) < 4.78 is 0. The molecular formula is C14H17NO3. The first-order valence-corrected chi connectivity index (χ1v) is 5.90. The molecular weight excluding hydrogens is 230 g/mol. The summed E-state index contributed by atoms with van der Waals surface area (Å²) in [5, 5.41) is 30.9. The van der Waals surface area contributed by atoms with Crippen molar-refractivity contribution in [1.82, 2.24) is 0 Å². The molecule has 0 fully saturated rings. The molecule has 2 atom stereocenters. The fourth-order valence-corrected chi connectivity index (χ4v) is 1.99. The van der Waals surface area contributed by atoms with E-state index in [0.717, 1.165) is 10.8 Å². The number of hydrogen-bond donors (Lipinski definition) is 4. The maximum absolute atomic E-state index is 9.98. The van der Waals surface area contributed by atoms with Gasteiger partial charge in [-0.2, -0.15) is 0 Å². The van der Waals surface area contributed by atoms with E-state index in [4.69, 9.17) is 5.73 Å². The first-order valence-electron chi connectivity index (χ1n) is 5.90. The molecule has 4 nitrogen and oxygen atoms in total. The zero-order chi connectivity index (χ0) is 13.1. The Labute approximate surface area is 105 Å². The Morgan fingerprint density at radius 3 is 2.44 bits per heavy atom. The number of aliphatic hydroxyl groups is 2. The predicted molar refractivity (Wildman–Crippen MR) is 70.3 cm³/mol. The zero-order valence-corrected chi connectivity index (χ0v) is 9.95. The van der Waals surface area contributed by atoms with Crippen LogP contribution >= 0.6 is 0 Å². The van der Waals surface area contributed by atoms with Gasteiger partial charge in [-0.3, -0.25) is 0 Å². The Balaban J connectivity index is 2.34. The quantitative estimate of drug-likeness (QED) is 0.655. The van der Waals surface area contributed by atoms with Gasteiger partial charge in [0.05, 0.1) is 6.10 Å². The standard InChI is InChI=1S/C14H17NO3/c15-6-5-13(17)14(18)10-2-1-9-3-4-12(16)8-11(9)7-10/h1-4,7-8,13-14,16-18H,5-6,15H2. The molecule has 0 amide bonds. The SMILES string of the molecule is NCCC(O)C(O)c1ccc2ccc(O)cc2c1. The summed E-state index contributed by atoms with van der Waals surface area (Å²) in [6.45, 7) is 0.326. The number of phenols is 1. The minimum atomic E-state index is -0.958. The third kappa shape index (κ3) is 2.61. The molecule has 2 aromatic carbocycles. The molecule has 0 aliphatic carbocycles. The number of nitrogens with two attached hydrogens (primary N) is 1. The van der Waals surface area contributed by atoms with E-state index >= 15 is 0 Å². The average Bonchev–Trinajstić information content (AvgIpc) is 2.37. The van der Waals surface area contributed by atoms with Crippen molar-refractivity contribution in [3.8, 4) is 5.75 Å². The van der Waals surface area contributed by atoms with Crippen molar-refractivity contribution in [2.45, 2.75) is 18.6 Å². The van der Waals surface area contributed by atoms with E-state index in [1.165, 1.54) is 0 Å². The molecule has 96 valence electrons. The molecule has 0 aliphatic heterocycles. The molecule has 2 rings (SSSR count).